The highest BCUT2D eigenvalue weighted by atomic mass is 32.2. The van der Waals surface area contributed by atoms with E-state index in [1.54, 1.807) is 18.2 Å². The lowest BCUT2D eigenvalue weighted by molar-refractivity contribution is -0.156. The molecule has 0 radical (unpaired) electrons. The van der Waals surface area contributed by atoms with Crippen LogP contribution in [-0.4, -0.2) is 185 Å². The number of hydrogen-bond donors (Lipinski definition) is 0. The Morgan fingerprint density at radius 2 is 0.673 bits per heavy atom. The second kappa shape index (κ2) is 36.5. The van der Waals surface area contributed by atoms with Crippen molar-refractivity contribution in [3.63, 3.8) is 0 Å². The largest absolute Gasteiger partial charge is 0.460 e. The van der Waals surface area contributed by atoms with Crippen molar-refractivity contribution in [3.05, 3.63) is 30.3 Å². The molecule has 0 aliphatic carbocycles. The summed E-state index contributed by atoms with van der Waals surface area (Å²) in [5, 5.41) is 0. The third-order valence-electron chi connectivity index (χ3n) is 6.46. The van der Waals surface area contributed by atoms with Crippen LogP contribution in [0.25, 0.3) is 0 Å². The van der Waals surface area contributed by atoms with Gasteiger partial charge in [-0.1, -0.05) is 18.2 Å². The van der Waals surface area contributed by atoms with Crippen LogP contribution in [0.3, 0.4) is 0 Å². The van der Waals surface area contributed by atoms with Crippen molar-refractivity contribution in [2.24, 2.45) is 0 Å². The van der Waals surface area contributed by atoms with E-state index in [9.17, 15) is 13.2 Å². The third-order valence-corrected chi connectivity index (χ3v) is 7.79. The summed E-state index contributed by atoms with van der Waals surface area (Å²) < 4.78 is 99.4. The van der Waals surface area contributed by atoms with Crippen molar-refractivity contribution in [2.75, 3.05) is 165 Å². The minimum Gasteiger partial charge on any atom is -0.460 e. The molecule has 0 saturated carbocycles. The van der Waals surface area contributed by atoms with Gasteiger partial charge in [0.25, 0.3) is 10.1 Å². The second-order valence-electron chi connectivity index (χ2n) is 12.3. The normalized spacial score (nSPS) is 12.1. The van der Waals surface area contributed by atoms with E-state index in [-0.39, 0.29) is 30.5 Å². The van der Waals surface area contributed by atoms with Crippen molar-refractivity contribution in [1.82, 2.24) is 0 Å². The maximum atomic E-state index is 12.0. The molecule has 0 aromatic heterocycles. The fraction of sp³-hybridized carbons (Fsp3) is 0.811. The topological polar surface area (TPSA) is 180 Å². The molecule has 322 valence electrons. The number of hydrogen-bond acceptors (Lipinski definition) is 17. The molecule has 0 amide bonds. The molecule has 0 saturated heterocycles. The number of carbonyl (C=O) groups excluding carboxylic acids is 1. The summed E-state index contributed by atoms with van der Waals surface area (Å²) in [6.45, 7) is 15.8. The summed E-state index contributed by atoms with van der Waals surface area (Å²) in [6, 6.07) is 7.96. The molecule has 0 aliphatic heterocycles. The molecule has 0 unspecified atom stereocenters. The van der Waals surface area contributed by atoms with Crippen molar-refractivity contribution in [1.29, 1.82) is 0 Å². The SMILES string of the molecule is CC(C)(C)OC(=O)CCOCCOCCOCCOCCOCCOCCOCCOCCOCCOCCOCCOCCOS(=O)(=O)c1ccccc1. The Balaban J connectivity index is 1.65. The molecule has 1 aromatic rings. The minimum atomic E-state index is -3.77. The predicted octanol–water partition coefficient (Wildman–Crippen LogP) is 2.32. The average Bonchev–Trinajstić information content (AvgIpc) is 3.15. The fourth-order valence-corrected chi connectivity index (χ4v) is 4.84. The summed E-state index contributed by atoms with van der Waals surface area (Å²) >= 11 is 0. The van der Waals surface area contributed by atoms with E-state index in [0.717, 1.165) is 0 Å². The lowest BCUT2D eigenvalue weighted by atomic mass is 10.2. The van der Waals surface area contributed by atoms with Gasteiger partial charge in [0.15, 0.2) is 0 Å². The van der Waals surface area contributed by atoms with E-state index < -0.39 is 15.7 Å². The minimum absolute atomic E-state index is 0.0644. The Labute approximate surface area is 327 Å². The molecular weight excluding hydrogens is 748 g/mol. The van der Waals surface area contributed by atoms with Gasteiger partial charge in [0.1, 0.15) is 5.60 Å². The van der Waals surface area contributed by atoms with Crippen molar-refractivity contribution >= 4 is 16.1 Å². The van der Waals surface area contributed by atoms with E-state index in [1.807, 2.05) is 20.8 Å². The van der Waals surface area contributed by atoms with Crippen LogP contribution in [0.2, 0.25) is 0 Å². The molecule has 0 N–H and O–H groups in total. The summed E-state index contributed by atoms with van der Waals surface area (Å²) in [5.74, 6) is -0.272. The van der Waals surface area contributed by atoms with Gasteiger partial charge in [0.2, 0.25) is 0 Å². The van der Waals surface area contributed by atoms with Crippen LogP contribution >= 0.6 is 0 Å². The molecule has 0 fully saturated rings. The van der Waals surface area contributed by atoms with Crippen molar-refractivity contribution in [3.8, 4) is 0 Å². The smallest absolute Gasteiger partial charge is 0.308 e. The van der Waals surface area contributed by atoms with Crippen LogP contribution in [0.1, 0.15) is 27.2 Å². The van der Waals surface area contributed by atoms with Gasteiger partial charge in [0.05, 0.1) is 176 Å². The monoisotopic (exact) mass is 814 g/mol. The van der Waals surface area contributed by atoms with E-state index in [0.29, 0.717) is 152 Å². The Hall–Kier alpha value is -1.88. The van der Waals surface area contributed by atoms with Gasteiger partial charge in [-0.3, -0.25) is 8.98 Å². The van der Waals surface area contributed by atoms with E-state index in [4.69, 9.17) is 65.8 Å². The van der Waals surface area contributed by atoms with Crippen molar-refractivity contribution < 1.29 is 79.0 Å². The van der Waals surface area contributed by atoms with Gasteiger partial charge >= 0.3 is 5.97 Å². The number of benzene rings is 1. The lowest BCUT2D eigenvalue weighted by Gasteiger charge is -2.19. The molecule has 0 spiro atoms. The third kappa shape index (κ3) is 36.2. The zero-order chi connectivity index (χ0) is 40.0. The maximum Gasteiger partial charge on any atom is 0.308 e. The Morgan fingerprint density at radius 3 is 0.945 bits per heavy atom. The summed E-state index contributed by atoms with van der Waals surface area (Å²) in [6.07, 6.45) is 0.224. The number of rotatable bonds is 41. The summed E-state index contributed by atoms with van der Waals surface area (Å²) in [7, 11) is -3.77. The number of carbonyl (C=O) groups is 1. The first kappa shape index (κ1) is 51.1. The Morgan fingerprint density at radius 1 is 0.418 bits per heavy atom. The zero-order valence-electron chi connectivity index (χ0n) is 33.1. The molecule has 0 bridgehead atoms. The molecule has 0 aliphatic rings. The Kier molecular flexibility index (Phi) is 33.9. The van der Waals surface area contributed by atoms with E-state index >= 15 is 0 Å². The van der Waals surface area contributed by atoms with E-state index in [1.165, 1.54) is 12.1 Å². The summed E-state index contributed by atoms with van der Waals surface area (Å²) in [5.41, 5.74) is -0.482. The van der Waals surface area contributed by atoms with Crippen LogP contribution in [0.5, 0.6) is 0 Å². The van der Waals surface area contributed by atoms with Gasteiger partial charge in [0, 0.05) is 0 Å². The molecule has 1 aromatic carbocycles. The molecule has 17 nitrogen and oxygen atoms in total. The van der Waals surface area contributed by atoms with Gasteiger partial charge in [-0.2, -0.15) is 8.42 Å². The first-order valence-corrected chi connectivity index (χ1v) is 20.2. The number of ether oxygens (including phenoxy) is 13. The van der Waals surface area contributed by atoms with Gasteiger partial charge < -0.3 is 61.6 Å². The van der Waals surface area contributed by atoms with E-state index in [2.05, 4.69) is 0 Å². The first-order chi connectivity index (χ1) is 26.7. The highest BCUT2D eigenvalue weighted by Gasteiger charge is 2.16. The van der Waals surface area contributed by atoms with Crippen LogP contribution in [-0.2, 0) is 80.7 Å². The quantitative estimate of drug-likeness (QED) is 0.0534. The molecule has 0 heterocycles. The molecule has 55 heavy (non-hydrogen) atoms. The fourth-order valence-electron chi connectivity index (χ4n) is 3.93. The lowest BCUT2D eigenvalue weighted by Crippen LogP contribution is -2.24. The standard InChI is InChI=1S/C37H66O17S/c1-37(2,3)54-36(38)9-10-41-11-12-42-13-14-43-15-16-44-17-18-45-19-20-46-21-22-47-23-24-48-25-26-49-27-28-50-29-30-51-31-32-52-33-34-53-55(39,40)35-7-5-4-6-8-35/h4-8H,9-34H2,1-3H3. The highest BCUT2D eigenvalue weighted by molar-refractivity contribution is 7.86. The van der Waals surface area contributed by atoms with Crippen LogP contribution < -0.4 is 0 Å². The average molecular weight is 815 g/mol. The van der Waals surface area contributed by atoms with Gasteiger partial charge in [-0.25, -0.2) is 0 Å². The second-order valence-corrected chi connectivity index (χ2v) is 13.9. The maximum absolute atomic E-state index is 12.0. The van der Waals surface area contributed by atoms with Gasteiger partial charge in [-0.15, -0.1) is 0 Å². The summed E-state index contributed by atoms with van der Waals surface area (Å²) in [4.78, 5) is 11.7. The van der Waals surface area contributed by atoms with Gasteiger partial charge in [-0.05, 0) is 32.9 Å². The molecule has 18 heteroatoms. The highest BCUT2D eigenvalue weighted by Crippen LogP contribution is 2.11. The molecule has 1 rings (SSSR count). The molecular formula is C37H66O17S. The van der Waals surface area contributed by atoms with Crippen LogP contribution in [0, 0.1) is 0 Å². The zero-order valence-corrected chi connectivity index (χ0v) is 33.9. The Bertz CT molecular complexity index is 1090. The van der Waals surface area contributed by atoms with Crippen LogP contribution in [0.15, 0.2) is 35.2 Å². The van der Waals surface area contributed by atoms with Crippen molar-refractivity contribution in [2.45, 2.75) is 37.7 Å². The predicted molar refractivity (Wildman–Crippen MR) is 200 cm³/mol. The molecule has 0 atom stereocenters. The first-order valence-electron chi connectivity index (χ1n) is 18.8. The van der Waals surface area contributed by atoms with Crippen LogP contribution in [0.4, 0.5) is 0 Å². The number of esters is 1.